The van der Waals surface area contributed by atoms with Crippen LogP contribution in [0.4, 0.5) is 0 Å². The number of carbonyl (C=O) groups excluding carboxylic acids is 4. The Morgan fingerprint density at radius 3 is 0.747 bits per heavy atom. The lowest BCUT2D eigenvalue weighted by molar-refractivity contribution is -0.161. The number of carbonyl (C=O) groups is 4. The molecule has 0 saturated heterocycles. The first kappa shape index (κ1) is 81.1. The standard InChI is InChI=1S/C64H124O17P2/c1-54(2)40-32-24-16-12-10-9-11-13-18-30-38-46-63(68)80-59(50-74-61(66)44-36-28-22-20-26-34-42-56(5)6)52-78-82(70,71)76-48-58(65)49-77-83(72,73)79-53-60(51-75-62(67)45-37-29-23-21-27-35-43-57(7)8)81-64(69)47-39-31-19-15-14-17-25-33-41-55(3)4/h54-60,65H,9-53H2,1-8H3,(H,70,71)(H,72,73)/t58-,59-,60-/m1/s1. The third-order valence-electron chi connectivity index (χ3n) is 14.6. The van der Waals surface area contributed by atoms with Gasteiger partial charge in [-0.25, -0.2) is 9.13 Å². The zero-order valence-electron chi connectivity index (χ0n) is 53.8. The molecule has 0 spiro atoms. The Hall–Kier alpha value is -1.94. The highest BCUT2D eigenvalue weighted by atomic mass is 31.2. The van der Waals surface area contributed by atoms with Crippen molar-refractivity contribution in [2.75, 3.05) is 39.6 Å². The highest BCUT2D eigenvalue weighted by Crippen LogP contribution is 2.45. The first-order chi connectivity index (χ1) is 39.6. The van der Waals surface area contributed by atoms with E-state index in [2.05, 4.69) is 55.4 Å². The lowest BCUT2D eigenvalue weighted by Crippen LogP contribution is -2.30. The largest absolute Gasteiger partial charge is 0.472 e. The lowest BCUT2D eigenvalue weighted by Gasteiger charge is -2.21. The van der Waals surface area contributed by atoms with Gasteiger partial charge in [-0.1, -0.05) is 254 Å². The molecule has 0 bridgehead atoms. The third-order valence-corrected chi connectivity index (χ3v) is 16.5. The molecule has 19 heteroatoms. The van der Waals surface area contributed by atoms with Gasteiger partial charge in [0.1, 0.15) is 19.3 Å². The number of phosphoric acid groups is 2. The summed E-state index contributed by atoms with van der Waals surface area (Å²) in [4.78, 5) is 72.2. The fourth-order valence-corrected chi connectivity index (χ4v) is 11.0. The van der Waals surface area contributed by atoms with Crippen LogP contribution in [0.25, 0.3) is 0 Å². The number of rotatable bonds is 61. The van der Waals surface area contributed by atoms with Crippen LogP contribution in [0.5, 0.6) is 0 Å². The normalized spacial score (nSPS) is 14.4. The molecule has 5 atom stereocenters. The number of ether oxygens (including phenoxy) is 4. The predicted octanol–water partition coefficient (Wildman–Crippen LogP) is 17.4. The Morgan fingerprint density at radius 2 is 0.506 bits per heavy atom. The number of hydrogen-bond donors (Lipinski definition) is 3. The van der Waals surface area contributed by atoms with Crippen molar-refractivity contribution in [2.24, 2.45) is 23.7 Å². The van der Waals surface area contributed by atoms with Crippen LogP contribution in [0.3, 0.4) is 0 Å². The van der Waals surface area contributed by atoms with Crippen LogP contribution in [0.2, 0.25) is 0 Å². The minimum Gasteiger partial charge on any atom is -0.462 e. The quantitative estimate of drug-likeness (QED) is 0.0222. The van der Waals surface area contributed by atoms with Crippen molar-refractivity contribution < 1.29 is 80.2 Å². The van der Waals surface area contributed by atoms with Gasteiger partial charge < -0.3 is 33.8 Å². The number of hydrogen-bond acceptors (Lipinski definition) is 15. The molecular formula is C64H124O17P2. The van der Waals surface area contributed by atoms with E-state index in [1.165, 1.54) is 96.3 Å². The second-order valence-corrected chi connectivity index (χ2v) is 28.0. The molecule has 492 valence electrons. The molecule has 0 heterocycles. The van der Waals surface area contributed by atoms with Crippen LogP contribution in [-0.2, 0) is 65.4 Å². The van der Waals surface area contributed by atoms with Gasteiger partial charge in [0.15, 0.2) is 12.2 Å². The van der Waals surface area contributed by atoms with E-state index in [1.807, 2.05) is 0 Å². The molecule has 0 aromatic rings. The summed E-state index contributed by atoms with van der Waals surface area (Å²) >= 11 is 0. The summed E-state index contributed by atoms with van der Waals surface area (Å²) in [6.07, 6.45) is 33.8. The second-order valence-electron chi connectivity index (χ2n) is 25.1. The predicted molar refractivity (Wildman–Crippen MR) is 331 cm³/mol. The van der Waals surface area contributed by atoms with E-state index < -0.39 is 97.5 Å². The van der Waals surface area contributed by atoms with Crippen molar-refractivity contribution in [3.63, 3.8) is 0 Å². The molecule has 83 heavy (non-hydrogen) atoms. The Morgan fingerprint density at radius 1 is 0.301 bits per heavy atom. The molecule has 0 aliphatic carbocycles. The van der Waals surface area contributed by atoms with Crippen LogP contribution in [0.1, 0.15) is 306 Å². The van der Waals surface area contributed by atoms with Gasteiger partial charge in [0.05, 0.1) is 26.4 Å². The van der Waals surface area contributed by atoms with E-state index in [0.29, 0.717) is 37.5 Å². The van der Waals surface area contributed by atoms with Gasteiger partial charge in [0.25, 0.3) is 0 Å². The van der Waals surface area contributed by atoms with Crippen LogP contribution in [0.15, 0.2) is 0 Å². The minimum atomic E-state index is -4.94. The fraction of sp³-hybridized carbons (Fsp3) is 0.938. The SMILES string of the molecule is CC(C)CCCCCCCCCCCCCC(=O)O[C@H](COC(=O)CCCCCCCCC(C)C)COP(=O)(O)OC[C@@H](O)COP(=O)(O)OC[C@@H](COC(=O)CCCCCCCCC(C)C)OC(=O)CCCCCCCCCCC(C)C. The first-order valence-corrected chi connectivity index (χ1v) is 36.2. The van der Waals surface area contributed by atoms with Gasteiger partial charge in [0, 0.05) is 25.7 Å². The summed E-state index contributed by atoms with van der Waals surface area (Å²) in [5.41, 5.74) is 0. The molecule has 2 unspecified atom stereocenters. The maximum Gasteiger partial charge on any atom is 0.472 e. The monoisotopic (exact) mass is 1230 g/mol. The Balaban J connectivity index is 5.24. The maximum absolute atomic E-state index is 13.0. The van der Waals surface area contributed by atoms with Crippen LogP contribution in [0, 0.1) is 23.7 Å². The van der Waals surface area contributed by atoms with Gasteiger partial charge in [-0.3, -0.25) is 37.3 Å². The topological polar surface area (TPSA) is 237 Å². The van der Waals surface area contributed by atoms with E-state index in [-0.39, 0.29) is 25.7 Å². The summed E-state index contributed by atoms with van der Waals surface area (Å²) in [7, 11) is -9.89. The molecule has 0 aromatic carbocycles. The fourth-order valence-electron chi connectivity index (χ4n) is 9.43. The van der Waals surface area contributed by atoms with E-state index in [0.717, 1.165) is 115 Å². The summed E-state index contributed by atoms with van der Waals surface area (Å²) in [6, 6.07) is 0. The van der Waals surface area contributed by atoms with Gasteiger partial charge in [-0.2, -0.15) is 0 Å². The van der Waals surface area contributed by atoms with Gasteiger partial charge in [-0.05, 0) is 49.4 Å². The summed E-state index contributed by atoms with van der Waals surface area (Å²) in [5, 5.41) is 10.5. The van der Waals surface area contributed by atoms with Gasteiger partial charge in [-0.15, -0.1) is 0 Å². The first-order valence-electron chi connectivity index (χ1n) is 33.2. The third kappa shape index (κ3) is 58.8. The van der Waals surface area contributed by atoms with E-state index in [4.69, 9.17) is 37.0 Å². The summed E-state index contributed by atoms with van der Waals surface area (Å²) < 4.78 is 67.9. The van der Waals surface area contributed by atoms with Crippen molar-refractivity contribution in [2.45, 2.75) is 324 Å². The number of esters is 4. The van der Waals surface area contributed by atoms with Crippen molar-refractivity contribution in [3.8, 4) is 0 Å². The molecule has 0 saturated carbocycles. The molecule has 0 fully saturated rings. The van der Waals surface area contributed by atoms with Gasteiger partial charge >= 0.3 is 39.5 Å². The lowest BCUT2D eigenvalue weighted by atomic mass is 10.0. The minimum absolute atomic E-state index is 0.103. The second kappa shape index (κ2) is 54.2. The smallest absolute Gasteiger partial charge is 0.462 e. The van der Waals surface area contributed by atoms with Crippen molar-refractivity contribution in [1.29, 1.82) is 0 Å². The van der Waals surface area contributed by atoms with E-state index in [9.17, 15) is 43.2 Å². The molecule has 0 aromatic heterocycles. The molecule has 0 amide bonds. The van der Waals surface area contributed by atoms with Crippen LogP contribution in [-0.4, -0.2) is 96.7 Å². The molecule has 17 nitrogen and oxygen atoms in total. The molecule has 0 aliphatic rings. The maximum atomic E-state index is 13.0. The van der Waals surface area contributed by atoms with Crippen molar-refractivity contribution in [1.82, 2.24) is 0 Å². The van der Waals surface area contributed by atoms with Crippen LogP contribution >= 0.6 is 15.6 Å². The number of aliphatic hydroxyl groups is 1. The molecule has 0 rings (SSSR count). The number of phosphoric ester groups is 2. The number of aliphatic hydroxyl groups excluding tert-OH is 1. The summed E-state index contributed by atoms with van der Waals surface area (Å²) in [5.74, 6) is 0.700. The highest BCUT2D eigenvalue weighted by Gasteiger charge is 2.30. The van der Waals surface area contributed by atoms with Crippen LogP contribution < -0.4 is 0 Å². The van der Waals surface area contributed by atoms with Crippen molar-refractivity contribution >= 4 is 39.5 Å². The summed E-state index contributed by atoms with van der Waals surface area (Å²) in [6.45, 7) is 13.9. The van der Waals surface area contributed by atoms with E-state index >= 15 is 0 Å². The molecule has 0 radical (unpaired) electrons. The zero-order valence-corrected chi connectivity index (χ0v) is 55.6. The van der Waals surface area contributed by atoms with E-state index in [1.54, 1.807) is 0 Å². The zero-order chi connectivity index (χ0) is 61.8. The average molecular weight is 1230 g/mol. The Labute approximate surface area is 505 Å². The molecule has 0 aliphatic heterocycles. The van der Waals surface area contributed by atoms with Crippen molar-refractivity contribution in [3.05, 3.63) is 0 Å². The molecule has 3 N–H and O–H groups in total. The molecular weight excluding hydrogens is 1100 g/mol. The Bertz CT molecular complexity index is 1660. The number of unbranched alkanes of at least 4 members (excludes halogenated alkanes) is 27. The average Bonchev–Trinajstić information content (AvgIpc) is 3.42. The Kier molecular flexibility index (Phi) is 53.0. The highest BCUT2D eigenvalue weighted by molar-refractivity contribution is 7.47. The van der Waals surface area contributed by atoms with Gasteiger partial charge in [0.2, 0.25) is 0 Å².